The van der Waals surface area contributed by atoms with Crippen molar-refractivity contribution >= 4 is 5.69 Å². The molecule has 56 heavy (non-hydrogen) atoms. The zero-order valence-corrected chi connectivity index (χ0v) is 31.0. The molecule has 4 nitrogen and oxygen atoms in total. The average molecular weight is 719 g/mol. The van der Waals surface area contributed by atoms with E-state index in [1.54, 1.807) is 0 Å². The van der Waals surface area contributed by atoms with Crippen LogP contribution in [0, 0.1) is 6.57 Å². The minimum atomic E-state index is 0.0438. The highest BCUT2D eigenvalue weighted by Gasteiger charge is 2.43. The molecule has 0 atom stereocenters. The molecule has 10 rings (SSSR count). The fourth-order valence-electron chi connectivity index (χ4n) is 8.94. The zero-order chi connectivity index (χ0) is 37.5. The molecule has 0 saturated heterocycles. The van der Waals surface area contributed by atoms with Gasteiger partial charge in [0.05, 0.1) is 6.57 Å². The van der Waals surface area contributed by atoms with Gasteiger partial charge in [-0.3, -0.25) is 0 Å². The lowest BCUT2D eigenvalue weighted by atomic mass is 9.67. The predicted molar refractivity (Wildman–Crippen MR) is 228 cm³/mol. The second kappa shape index (κ2) is 14.0. The Balaban J connectivity index is 0.957. The van der Waals surface area contributed by atoms with E-state index in [0.29, 0.717) is 17.5 Å². The zero-order valence-electron chi connectivity index (χ0n) is 31.0. The Hall–Kier alpha value is -6.96. The van der Waals surface area contributed by atoms with Gasteiger partial charge in [-0.2, -0.15) is 0 Å². The number of benzene rings is 7. The molecule has 2 aliphatic carbocycles. The van der Waals surface area contributed by atoms with Crippen molar-refractivity contribution in [3.05, 3.63) is 192 Å². The first kappa shape index (κ1) is 33.6. The molecule has 0 radical (unpaired) electrons. The Morgan fingerprint density at radius 2 is 0.857 bits per heavy atom. The van der Waals surface area contributed by atoms with Crippen LogP contribution in [0.3, 0.4) is 0 Å². The van der Waals surface area contributed by atoms with E-state index in [1.807, 2.05) is 66.7 Å². The third-order valence-electron chi connectivity index (χ3n) is 11.7. The van der Waals surface area contributed by atoms with Crippen LogP contribution in [0.1, 0.15) is 43.2 Å². The Labute approximate surface area is 328 Å². The van der Waals surface area contributed by atoms with Crippen LogP contribution in [0.4, 0.5) is 5.69 Å². The summed E-state index contributed by atoms with van der Waals surface area (Å²) < 4.78 is 0. The SMILES string of the molecule is [C-]#[N+]c1ccc2c(c1)-c1ccc(-c3cccc(-c4ccc(-c5cccc(-c6nc(-c7ccccc7)nc(-c7ccccc7)n6)c5)cc4)c3)cc1C21CCCCC1. The predicted octanol–water partition coefficient (Wildman–Crippen LogP) is 13.7. The van der Waals surface area contributed by atoms with Gasteiger partial charge in [-0.15, -0.1) is 0 Å². The van der Waals surface area contributed by atoms with Gasteiger partial charge in [0.2, 0.25) is 0 Å². The first-order valence-corrected chi connectivity index (χ1v) is 19.5. The lowest BCUT2D eigenvalue weighted by Gasteiger charge is -2.36. The van der Waals surface area contributed by atoms with Gasteiger partial charge in [-0.1, -0.05) is 165 Å². The molecule has 7 aromatic carbocycles. The van der Waals surface area contributed by atoms with Gasteiger partial charge in [0.15, 0.2) is 23.2 Å². The number of rotatable bonds is 6. The largest absolute Gasteiger partial charge is 0.238 e. The second-order valence-corrected chi connectivity index (χ2v) is 15.0. The molecular weight excluding hydrogens is 681 g/mol. The van der Waals surface area contributed by atoms with Gasteiger partial charge in [-0.25, -0.2) is 19.8 Å². The molecule has 0 bridgehead atoms. The molecule has 1 heterocycles. The van der Waals surface area contributed by atoms with Crippen LogP contribution in [0.5, 0.6) is 0 Å². The molecule has 4 heteroatoms. The summed E-state index contributed by atoms with van der Waals surface area (Å²) in [6.07, 6.45) is 6.11. The van der Waals surface area contributed by atoms with Crippen molar-refractivity contribution < 1.29 is 0 Å². The van der Waals surface area contributed by atoms with Crippen molar-refractivity contribution in [1.82, 2.24) is 15.0 Å². The van der Waals surface area contributed by atoms with Crippen molar-refractivity contribution in [1.29, 1.82) is 0 Å². The summed E-state index contributed by atoms with van der Waals surface area (Å²) in [5, 5.41) is 0. The van der Waals surface area contributed by atoms with Gasteiger partial charge in [0.25, 0.3) is 0 Å². The molecule has 266 valence electrons. The Kier molecular flexibility index (Phi) is 8.42. The lowest BCUT2D eigenvalue weighted by molar-refractivity contribution is 0.353. The van der Waals surface area contributed by atoms with E-state index in [4.69, 9.17) is 21.5 Å². The van der Waals surface area contributed by atoms with Gasteiger partial charge >= 0.3 is 0 Å². The summed E-state index contributed by atoms with van der Waals surface area (Å²) in [6.45, 7) is 7.64. The quantitative estimate of drug-likeness (QED) is 0.161. The van der Waals surface area contributed by atoms with Crippen LogP contribution in [-0.2, 0) is 5.41 Å². The second-order valence-electron chi connectivity index (χ2n) is 15.0. The van der Waals surface area contributed by atoms with Gasteiger partial charge in [0, 0.05) is 22.1 Å². The van der Waals surface area contributed by atoms with Crippen LogP contribution >= 0.6 is 0 Å². The summed E-state index contributed by atoms with van der Waals surface area (Å²) in [5.74, 6) is 1.95. The van der Waals surface area contributed by atoms with Crippen LogP contribution < -0.4 is 0 Å². The first-order chi connectivity index (χ1) is 27.6. The van der Waals surface area contributed by atoms with E-state index in [0.717, 1.165) is 33.5 Å². The maximum Gasteiger partial charge on any atom is 0.187 e. The number of hydrogen-bond acceptors (Lipinski definition) is 3. The topological polar surface area (TPSA) is 43.0 Å². The molecule has 0 amide bonds. The standard InChI is InChI=1S/C52H38N4/c1-53-44-26-28-47-46(34-44)45-27-25-42(33-48(45)52(47)29-9-4-10-30-52)41-19-11-17-39(31-41)35-21-23-36(24-22-35)40-18-12-20-43(32-40)51-55-49(37-13-5-2-6-14-37)54-50(56-51)38-15-7-3-8-16-38/h2-3,5-8,11-28,31-34H,4,9-10,29-30H2. The fraction of sp³-hybridized carbons (Fsp3) is 0.115. The highest BCUT2D eigenvalue weighted by atomic mass is 15.0. The summed E-state index contributed by atoms with van der Waals surface area (Å²) in [6, 6.07) is 59.8. The highest BCUT2D eigenvalue weighted by molar-refractivity contribution is 5.86. The normalized spacial score (nSPS) is 13.8. The first-order valence-electron chi connectivity index (χ1n) is 19.5. The van der Waals surface area contributed by atoms with Crippen molar-refractivity contribution in [3.8, 4) is 78.7 Å². The van der Waals surface area contributed by atoms with Crippen LogP contribution in [0.2, 0.25) is 0 Å². The van der Waals surface area contributed by atoms with Crippen LogP contribution in [-0.4, -0.2) is 15.0 Å². The molecular formula is C52H38N4. The van der Waals surface area contributed by atoms with Crippen molar-refractivity contribution in [3.63, 3.8) is 0 Å². The van der Waals surface area contributed by atoms with E-state index >= 15 is 0 Å². The smallest absolute Gasteiger partial charge is 0.187 e. The fourth-order valence-corrected chi connectivity index (χ4v) is 8.94. The summed E-state index contributed by atoms with van der Waals surface area (Å²) in [5.41, 5.74) is 16.1. The molecule has 1 aromatic heterocycles. The van der Waals surface area contributed by atoms with Crippen molar-refractivity contribution in [2.24, 2.45) is 0 Å². The van der Waals surface area contributed by atoms with E-state index in [-0.39, 0.29) is 5.41 Å². The molecule has 0 aliphatic heterocycles. The summed E-state index contributed by atoms with van der Waals surface area (Å²) in [7, 11) is 0. The molecule has 1 saturated carbocycles. The minimum Gasteiger partial charge on any atom is -0.238 e. The van der Waals surface area contributed by atoms with Gasteiger partial charge in [0.1, 0.15) is 0 Å². The van der Waals surface area contributed by atoms with E-state index < -0.39 is 0 Å². The van der Waals surface area contributed by atoms with Crippen molar-refractivity contribution in [2.75, 3.05) is 0 Å². The third-order valence-corrected chi connectivity index (χ3v) is 11.7. The minimum absolute atomic E-state index is 0.0438. The summed E-state index contributed by atoms with van der Waals surface area (Å²) in [4.78, 5) is 18.5. The van der Waals surface area contributed by atoms with Crippen LogP contribution in [0.15, 0.2) is 170 Å². The molecule has 1 spiro atoms. The van der Waals surface area contributed by atoms with E-state index in [2.05, 4.69) is 108 Å². The van der Waals surface area contributed by atoms with Gasteiger partial charge < -0.3 is 0 Å². The molecule has 8 aromatic rings. The highest BCUT2D eigenvalue weighted by Crippen LogP contribution is 2.57. The molecule has 2 aliphatic rings. The maximum absolute atomic E-state index is 7.64. The van der Waals surface area contributed by atoms with Crippen molar-refractivity contribution in [2.45, 2.75) is 37.5 Å². The van der Waals surface area contributed by atoms with E-state index in [9.17, 15) is 0 Å². The Morgan fingerprint density at radius 1 is 0.375 bits per heavy atom. The Morgan fingerprint density at radius 3 is 1.45 bits per heavy atom. The van der Waals surface area contributed by atoms with E-state index in [1.165, 1.54) is 76.6 Å². The third kappa shape index (κ3) is 5.99. The lowest BCUT2D eigenvalue weighted by Crippen LogP contribution is -2.28. The molecule has 0 unspecified atom stereocenters. The van der Waals surface area contributed by atoms with Crippen LogP contribution in [0.25, 0.3) is 83.5 Å². The monoisotopic (exact) mass is 718 g/mol. The average Bonchev–Trinajstić information content (AvgIpc) is 3.54. The number of fused-ring (bicyclic) bond motifs is 5. The number of nitrogens with zero attached hydrogens (tertiary/aromatic N) is 4. The number of aromatic nitrogens is 3. The Bertz CT molecular complexity index is 2720. The van der Waals surface area contributed by atoms with Gasteiger partial charge in [-0.05, 0) is 92.7 Å². The maximum atomic E-state index is 7.64. The summed E-state index contributed by atoms with van der Waals surface area (Å²) >= 11 is 0. The molecule has 0 N–H and O–H groups in total. The molecule has 1 fully saturated rings. The number of hydrogen-bond donors (Lipinski definition) is 0.